The molecule has 14 heavy (non-hydrogen) atoms. The number of hydrogen-bond acceptors (Lipinski definition) is 1. The SMILES string of the molecule is Brc1cc(/C=C\C2C=CC=C2)c(Br)s1. The van der Waals surface area contributed by atoms with E-state index in [-0.39, 0.29) is 0 Å². The van der Waals surface area contributed by atoms with Gasteiger partial charge in [0.25, 0.3) is 0 Å². The van der Waals surface area contributed by atoms with Gasteiger partial charge in [0.2, 0.25) is 0 Å². The van der Waals surface area contributed by atoms with Crippen molar-refractivity contribution in [2.24, 2.45) is 5.92 Å². The summed E-state index contributed by atoms with van der Waals surface area (Å²) in [4.78, 5) is 0. The summed E-state index contributed by atoms with van der Waals surface area (Å²) in [5, 5.41) is 0. The van der Waals surface area contributed by atoms with Crippen molar-refractivity contribution in [3.8, 4) is 0 Å². The maximum atomic E-state index is 3.53. The molecule has 1 aliphatic carbocycles. The molecule has 2 rings (SSSR count). The Balaban J connectivity index is 2.13. The number of halogens is 2. The molecule has 72 valence electrons. The van der Waals surface area contributed by atoms with E-state index in [1.54, 1.807) is 11.3 Å². The predicted octanol–water partition coefficient (Wildman–Crippen LogP) is 5.03. The molecule has 0 atom stereocenters. The summed E-state index contributed by atoms with van der Waals surface area (Å²) in [7, 11) is 0. The standard InChI is InChI=1S/C11H8Br2S/c12-10-7-9(11(13)14-10)6-5-8-3-1-2-4-8/h1-8H/b6-5-. The monoisotopic (exact) mass is 330 g/mol. The van der Waals surface area contributed by atoms with E-state index in [9.17, 15) is 0 Å². The summed E-state index contributed by atoms with van der Waals surface area (Å²) in [6, 6.07) is 2.12. The minimum Gasteiger partial charge on any atom is -0.121 e. The Morgan fingerprint density at radius 1 is 1.21 bits per heavy atom. The average Bonchev–Trinajstić information content (AvgIpc) is 2.72. The summed E-state index contributed by atoms with van der Waals surface area (Å²) in [6.45, 7) is 0. The first-order valence-corrected chi connectivity index (χ1v) is 6.64. The Labute approximate surface area is 104 Å². The van der Waals surface area contributed by atoms with Crippen molar-refractivity contribution in [1.29, 1.82) is 0 Å². The molecule has 3 heteroatoms. The van der Waals surface area contributed by atoms with Crippen LogP contribution in [-0.4, -0.2) is 0 Å². The maximum absolute atomic E-state index is 3.53. The van der Waals surface area contributed by atoms with Crippen LogP contribution in [0.3, 0.4) is 0 Å². The zero-order valence-corrected chi connectivity index (χ0v) is 11.3. The first-order valence-electron chi connectivity index (χ1n) is 4.24. The number of allylic oxidation sites excluding steroid dienone is 5. The molecule has 0 unspecified atom stereocenters. The second kappa shape index (κ2) is 4.60. The molecular formula is C11H8Br2S. The van der Waals surface area contributed by atoms with Crippen molar-refractivity contribution in [3.63, 3.8) is 0 Å². The minimum absolute atomic E-state index is 0.459. The van der Waals surface area contributed by atoms with Gasteiger partial charge >= 0.3 is 0 Å². The molecule has 1 heterocycles. The molecule has 0 bridgehead atoms. The van der Waals surface area contributed by atoms with Crippen molar-refractivity contribution in [1.82, 2.24) is 0 Å². The molecule has 1 aromatic heterocycles. The lowest BCUT2D eigenvalue weighted by Crippen LogP contribution is -1.79. The number of hydrogen-bond donors (Lipinski definition) is 0. The molecule has 0 radical (unpaired) electrons. The van der Waals surface area contributed by atoms with Gasteiger partial charge in [-0.05, 0) is 37.9 Å². The minimum atomic E-state index is 0.459. The van der Waals surface area contributed by atoms with E-state index in [2.05, 4.69) is 74.4 Å². The van der Waals surface area contributed by atoms with Crippen LogP contribution in [0.5, 0.6) is 0 Å². The third-order valence-corrected chi connectivity index (χ3v) is 4.34. The summed E-state index contributed by atoms with van der Waals surface area (Å²) in [5.74, 6) is 0.459. The van der Waals surface area contributed by atoms with Gasteiger partial charge in [-0.15, -0.1) is 11.3 Å². The molecule has 0 aromatic carbocycles. The van der Waals surface area contributed by atoms with Crippen LogP contribution in [0.25, 0.3) is 6.08 Å². The van der Waals surface area contributed by atoms with Crippen LogP contribution in [0.1, 0.15) is 5.56 Å². The van der Waals surface area contributed by atoms with Gasteiger partial charge in [-0.25, -0.2) is 0 Å². The lowest BCUT2D eigenvalue weighted by atomic mass is 10.1. The highest BCUT2D eigenvalue weighted by Gasteiger charge is 2.03. The molecule has 0 nitrogen and oxygen atoms in total. The third kappa shape index (κ3) is 2.47. The van der Waals surface area contributed by atoms with Crippen LogP contribution in [0.2, 0.25) is 0 Å². The molecular weight excluding hydrogens is 324 g/mol. The van der Waals surface area contributed by atoms with Crippen LogP contribution >= 0.6 is 43.2 Å². The van der Waals surface area contributed by atoms with Gasteiger partial charge in [0, 0.05) is 11.5 Å². The van der Waals surface area contributed by atoms with Crippen LogP contribution in [0.15, 0.2) is 44.0 Å². The fraction of sp³-hybridized carbons (Fsp3) is 0.0909. The second-order valence-electron chi connectivity index (χ2n) is 2.99. The van der Waals surface area contributed by atoms with E-state index in [0.717, 1.165) is 3.79 Å². The first-order chi connectivity index (χ1) is 6.75. The molecule has 0 N–H and O–H groups in total. The van der Waals surface area contributed by atoms with Gasteiger partial charge < -0.3 is 0 Å². The van der Waals surface area contributed by atoms with Gasteiger partial charge in [0.05, 0.1) is 7.57 Å². The number of rotatable bonds is 2. The lowest BCUT2D eigenvalue weighted by molar-refractivity contribution is 1.10. The van der Waals surface area contributed by atoms with Gasteiger partial charge in [0.15, 0.2) is 0 Å². The van der Waals surface area contributed by atoms with Crippen molar-refractivity contribution >= 4 is 49.3 Å². The van der Waals surface area contributed by atoms with E-state index < -0.39 is 0 Å². The molecule has 1 aromatic rings. The van der Waals surface area contributed by atoms with Gasteiger partial charge in [-0.3, -0.25) is 0 Å². The quantitative estimate of drug-likeness (QED) is 0.713. The third-order valence-electron chi connectivity index (χ3n) is 1.96. The van der Waals surface area contributed by atoms with Gasteiger partial charge in [-0.2, -0.15) is 0 Å². The van der Waals surface area contributed by atoms with Crippen molar-refractivity contribution in [3.05, 3.63) is 49.6 Å². The predicted molar refractivity (Wildman–Crippen MR) is 70.5 cm³/mol. The Bertz CT molecular complexity index is 401. The zero-order chi connectivity index (χ0) is 9.97. The van der Waals surface area contributed by atoms with E-state index in [1.807, 2.05) is 0 Å². The van der Waals surface area contributed by atoms with Gasteiger partial charge in [-0.1, -0.05) is 36.5 Å². The summed E-state index contributed by atoms with van der Waals surface area (Å²) in [6.07, 6.45) is 12.8. The summed E-state index contributed by atoms with van der Waals surface area (Å²) in [5.41, 5.74) is 1.23. The normalized spacial score (nSPS) is 16.1. The Hall–Kier alpha value is -0.120. The smallest absolute Gasteiger partial charge is 0.0782 e. The fourth-order valence-electron chi connectivity index (χ4n) is 1.26. The highest BCUT2D eigenvalue weighted by atomic mass is 79.9. The van der Waals surface area contributed by atoms with Gasteiger partial charge in [0.1, 0.15) is 0 Å². The highest BCUT2D eigenvalue weighted by molar-refractivity contribution is 9.12. The van der Waals surface area contributed by atoms with E-state index in [0.29, 0.717) is 5.92 Å². The molecule has 0 saturated carbocycles. The number of thiophene rings is 1. The van der Waals surface area contributed by atoms with Crippen LogP contribution < -0.4 is 0 Å². The molecule has 0 amide bonds. The van der Waals surface area contributed by atoms with Crippen molar-refractivity contribution in [2.75, 3.05) is 0 Å². The Morgan fingerprint density at radius 2 is 1.93 bits per heavy atom. The summed E-state index contributed by atoms with van der Waals surface area (Å²) < 4.78 is 2.33. The van der Waals surface area contributed by atoms with Crippen LogP contribution in [-0.2, 0) is 0 Å². The molecule has 0 aliphatic heterocycles. The largest absolute Gasteiger partial charge is 0.121 e. The van der Waals surface area contributed by atoms with Crippen molar-refractivity contribution in [2.45, 2.75) is 0 Å². The fourth-order valence-corrected chi connectivity index (χ4v) is 4.01. The van der Waals surface area contributed by atoms with E-state index >= 15 is 0 Å². The first kappa shape index (κ1) is 10.4. The van der Waals surface area contributed by atoms with E-state index in [4.69, 9.17) is 0 Å². The maximum Gasteiger partial charge on any atom is 0.0782 e. The van der Waals surface area contributed by atoms with E-state index in [1.165, 1.54) is 9.35 Å². The second-order valence-corrected chi connectivity index (χ2v) is 6.74. The lowest BCUT2D eigenvalue weighted by Gasteiger charge is -1.94. The zero-order valence-electron chi connectivity index (χ0n) is 7.28. The molecule has 0 fully saturated rings. The Morgan fingerprint density at radius 3 is 2.50 bits per heavy atom. The average molecular weight is 332 g/mol. The van der Waals surface area contributed by atoms with Crippen LogP contribution in [0, 0.1) is 5.92 Å². The molecule has 1 aliphatic rings. The Kier molecular flexibility index (Phi) is 3.42. The molecule has 0 spiro atoms. The molecule has 0 saturated heterocycles. The van der Waals surface area contributed by atoms with Crippen LogP contribution in [0.4, 0.5) is 0 Å². The van der Waals surface area contributed by atoms with Crippen molar-refractivity contribution < 1.29 is 0 Å². The highest BCUT2D eigenvalue weighted by Crippen LogP contribution is 2.33. The summed E-state index contributed by atoms with van der Waals surface area (Å²) >= 11 is 8.69. The topological polar surface area (TPSA) is 0 Å².